The normalized spacial score (nSPS) is 18.4. The van der Waals surface area contributed by atoms with Gasteiger partial charge in [-0.25, -0.2) is 4.98 Å². The van der Waals surface area contributed by atoms with Crippen molar-refractivity contribution in [3.8, 4) is 0 Å². The number of rotatable bonds is 4. The van der Waals surface area contributed by atoms with Crippen LogP contribution in [-0.4, -0.2) is 27.3 Å². The highest BCUT2D eigenvalue weighted by atomic mass is 32.1. The Morgan fingerprint density at radius 3 is 3.15 bits per heavy atom. The summed E-state index contributed by atoms with van der Waals surface area (Å²) in [6.07, 6.45) is 8.81. The van der Waals surface area contributed by atoms with Gasteiger partial charge in [0.05, 0.1) is 6.04 Å². The Labute approximate surface area is 122 Å². The van der Waals surface area contributed by atoms with Gasteiger partial charge in [0.1, 0.15) is 5.01 Å². The first-order chi connectivity index (χ1) is 9.84. The quantitative estimate of drug-likeness (QED) is 0.868. The van der Waals surface area contributed by atoms with E-state index in [1.165, 1.54) is 0 Å². The van der Waals surface area contributed by atoms with Crippen LogP contribution in [0.5, 0.6) is 0 Å². The molecule has 0 spiro atoms. The lowest BCUT2D eigenvalue weighted by Crippen LogP contribution is -2.30. The SMILES string of the molecule is O=C(CCc1cccnc1)N1CCC[C@@H]1c1nccs1. The zero-order valence-corrected chi connectivity index (χ0v) is 12.1. The first-order valence-corrected chi connectivity index (χ1v) is 7.80. The Morgan fingerprint density at radius 2 is 2.40 bits per heavy atom. The van der Waals surface area contributed by atoms with Crippen LogP contribution in [0.4, 0.5) is 0 Å². The largest absolute Gasteiger partial charge is 0.333 e. The zero-order chi connectivity index (χ0) is 13.8. The van der Waals surface area contributed by atoms with Crippen molar-refractivity contribution < 1.29 is 4.79 Å². The average molecular weight is 287 g/mol. The number of carbonyl (C=O) groups excluding carboxylic acids is 1. The summed E-state index contributed by atoms with van der Waals surface area (Å²) in [7, 11) is 0. The highest BCUT2D eigenvalue weighted by molar-refractivity contribution is 7.09. The van der Waals surface area contributed by atoms with Crippen LogP contribution in [0.25, 0.3) is 0 Å². The van der Waals surface area contributed by atoms with Gasteiger partial charge in [0.15, 0.2) is 0 Å². The molecule has 4 nitrogen and oxygen atoms in total. The predicted molar refractivity (Wildman–Crippen MR) is 78.4 cm³/mol. The highest BCUT2D eigenvalue weighted by Crippen LogP contribution is 2.33. The fourth-order valence-electron chi connectivity index (χ4n) is 2.66. The smallest absolute Gasteiger partial charge is 0.223 e. The van der Waals surface area contributed by atoms with E-state index in [9.17, 15) is 4.79 Å². The molecule has 0 radical (unpaired) electrons. The van der Waals surface area contributed by atoms with Crippen molar-refractivity contribution in [1.29, 1.82) is 0 Å². The number of hydrogen-bond donors (Lipinski definition) is 0. The summed E-state index contributed by atoms with van der Waals surface area (Å²) >= 11 is 1.64. The molecule has 1 amide bonds. The number of nitrogens with zero attached hydrogens (tertiary/aromatic N) is 3. The molecule has 1 aliphatic rings. The van der Waals surface area contributed by atoms with E-state index in [0.29, 0.717) is 6.42 Å². The molecular formula is C15H17N3OS. The molecule has 3 rings (SSSR count). The van der Waals surface area contributed by atoms with Crippen LogP contribution in [-0.2, 0) is 11.2 Å². The Hall–Kier alpha value is -1.75. The summed E-state index contributed by atoms with van der Waals surface area (Å²) in [5.74, 6) is 0.228. The third-order valence-corrected chi connectivity index (χ3v) is 4.54. The van der Waals surface area contributed by atoms with Crippen LogP contribution in [0.2, 0.25) is 0 Å². The lowest BCUT2D eigenvalue weighted by molar-refractivity contribution is -0.132. The van der Waals surface area contributed by atoms with E-state index in [0.717, 1.165) is 36.4 Å². The van der Waals surface area contributed by atoms with E-state index in [-0.39, 0.29) is 11.9 Å². The number of thiazole rings is 1. The molecule has 104 valence electrons. The summed E-state index contributed by atoms with van der Waals surface area (Å²) in [4.78, 5) is 22.8. The molecule has 0 N–H and O–H groups in total. The summed E-state index contributed by atoms with van der Waals surface area (Å²) in [5.41, 5.74) is 1.12. The molecule has 1 atom stereocenters. The summed E-state index contributed by atoms with van der Waals surface area (Å²) in [6.45, 7) is 0.857. The van der Waals surface area contributed by atoms with Crippen molar-refractivity contribution in [3.63, 3.8) is 0 Å². The van der Waals surface area contributed by atoms with E-state index < -0.39 is 0 Å². The number of amides is 1. The van der Waals surface area contributed by atoms with Gasteiger partial charge in [-0.3, -0.25) is 9.78 Å². The maximum atomic E-state index is 12.4. The van der Waals surface area contributed by atoms with E-state index in [1.807, 2.05) is 34.8 Å². The van der Waals surface area contributed by atoms with Crippen molar-refractivity contribution in [2.75, 3.05) is 6.54 Å². The molecule has 2 aromatic rings. The van der Waals surface area contributed by atoms with Crippen LogP contribution < -0.4 is 0 Å². The minimum Gasteiger partial charge on any atom is -0.333 e. The van der Waals surface area contributed by atoms with Crippen LogP contribution in [0, 0.1) is 0 Å². The van der Waals surface area contributed by atoms with Gasteiger partial charge in [0.2, 0.25) is 5.91 Å². The van der Waals surface area contributed by atoms with Gasteiger partial charge in [0, 0.05) is 36.9 Å². The number of likely N-dealkylation sites (tertiary alicyclic amines) is 1. The van der Waals surface area contributed by atoms with Gasteiger partial charge in [0.25, 0.3) is 0 Å². The minimum absolute atomic E-state index is 0.191. The van der Waals surface area contributed by atoms with E-state index in [1.54, 1.807) is 17.5 Å². The van der Waals surface area contributed by atoms with E-state index in [4.69, 9.17) is 0 Å². The van der Waals surface area contributed by atoms with Crippen LogP contribution in [0.15, 0.2) is 36.1 Å². The van der Waals surface area contributed by atoms with Gasteiger partial charge < -0.3 is 4.90 Å². The van der Waals surface area contributed by atoms with E-state index >= 15 is 0 Å². The van der Waals surface area contributed by atoms with Crippen molar-refractivity contribution in [1.82, 2.24) is 14.9 Å². The maximum absolute atomic E-state index is 12.4. The molecule has 0 unspecified atom stereocenters. The van der Waals surface area contributed by atoms with Gasteiger partial charge in [-0.15, -0.1) is 11.3 Å². The summed E-state index contributed by atoms with van der Waals surface area (Å²) in [6, 6.07) is 4.12. The number of aryl methyl sites for hydroxylation is 1. The van der Waals surface area contributed by atoms with Crippen LogP contribution >= 0.6 is 11.3 Å². The topological polar surface area (TPSA) is 46.1 Å². The molecule has 2 aromatic heterocycles. The van der Waals surface area contributed by atoms with Crippen molar-refractivity contribution in [2.45, 2.75) is 31.7 Å². The number of pyridine rings is 1. The second kappa shape index (κ2) is 6.13. The molecule has 1 fully saturated rings. The van der Waals surface area contributed by atoms with E-state index in [2.05, 4.69) is 9.97 Å². The summed E-state index contributed by atoms with van der Waals surface area (Å²) < 4.78 is 0. The first-order valence-electron chi connectivity index (χ1n) is 6.92. The Morgan fingerprint density at radius 1 is 1.45 bits per heavy atom. The lowest BCUT2D eigenvalue weighted by Gasteiger charge is -2.23. The molecule has 1 saturated heterocycles. The minimum atomic E-state index is 0.191. The second-order valence-corrected chi connectivity index (χ2v) is 5.90. The maximum Gasteiger partial charge on any atom is 0.223 e. The van der Waals surface area contributed by atoms with Crippen molar-refractivity contribution >= 4 is 17.2 Å². The lowest BCUT2D eigenvalue weighted by atomic mass is 10.1. The number of hydrogen-bond acceptors (Lipinski definition) is 4. The molecule has 3 heterocycles. The molecule has 0 aliphatic carbocycles. The fourth-order valence-corrected chi connectivity index (χ4v) is 3.45. The molecular weight excluding hydrogens is 270 g/mol. The van der Waals surface area contributed by atoms with Gasteiger partial charge in [-0.1, -0.05) is 6.07 Å². The van der Waals surface area contributed by atoms with Gasteiger partial charge >= 0.3 is 0 Å². The van der Waals surface area contributed by atoms with Crippen LogP contribution in [0.3, 0.4) is 0 Å². The Kier molecular flexibility index (Phi) is 4.06. The average Bonchev–Trinajstić information content (AvgIpc) is 3.15. The number of aromatic nitrogens is 2. The van der Waals surface area contributed by atoms with Gasteiger partial charge in [-0.05, 0) is 30.9 Å². The van der Waals surface area contributed by atoms with Gasteiger partial charge in [-0.2, -0.15) is 0 Å². The molecule has 0 saturated carbocycles. The monoisotopic (exact) mass is 287 g/mol. The van der Waals surface area contributed by atoms with Crippen LogP contribution in [0.1, 0.15) is 35.9 Å². The predicted octanol–water partition coefficient (Wildman–Crippen LogP) is 2.83. The third kappa shape index (κ3) is 2.88. The molecule has 0 bridgehead atoms. The first kappa shape index (κ1) is 13.2. The molecule has 5 heteroatoms. The summed E-state index contributed by atoms with van der Waals surface area (Å²) in [5, 5.41) is 3.05. The third-order valence-electron chi connectivity index (χ3n) is 3.66. The molecule has 1 aliphatic heterocycles. The Bertz CT molecular complexity index is 556. The molecule has 0 aromatic carbocycles. The Balaban J connectivity index is 1.62. The standard InChI is InChI=1S/C15H17N3OS/c19-14(6-5-12-3-1-7-16-11-12)18-9-2-4-13(18)15-17-8-10-20-15/h1,3,7-8,10-11,13H,2,4-6,9H2/t13-/m1/s1. The zero-order valence-electron chi connectivity index (χ0n) is 11.2. The number of carbonyl (C=O) groups is 1. The molecule has 20 heavy (non-hydrogen) atoms. The highest BCUT2D eigenvalue weighted by Gasteiger charge is 2.31. The van der Waals surface area contributed by atoms with Crippen molar-refractivity contribution in [3.05, 3.63) is 46.7 Å². The van der Waals surface area contributed by atoms with Crippen molar-refractivity contribution in [2.24, 2.45) is 0 Å². The fraction of sp³-hybridized carbons (Fsp3) is 0.400. The second-order valence-electron chi connectivity index (χ2n) is 4.98.